The Hall–Kier alpha value is -5.72. The highest BCUT2D eigenvalue weighted by atomic mass is 32.2. The van der Waals surface area contributed by atoms with E-state index < -0.39 is 60.8 Å². The fraction of sp³-hybridized carbons (Fsp3) is 0.167. The molecule has 49 heavy (non-hydrogen) atoms. The molecule has 1 aliphatic heterocycles. The molecule has 3 aromatic carbocycles. The molecule has 19 heteroatoms. The zero-order valence-electron chi connectivity index (χ0n) is 24.7. The van der Waals surface area contributed by atoms with Gasteiger partial charge in [0.25, 0.3) is 27.5 Å². The molecule has 0 bridgehead atoms. The molecular weight excluding hydrogens is 686 g/mol. The van der Waals surface area contributed by atoms with Crippen molar-refractivity contribution in [1.82, 2.24) is 19.8 Å². The summed E-state index contributed by atoms with van der Waals surface area (Å²) < 4.78 is 110. The summed E-state index contributed by atoms with van der Waals surface area (Å²) in [4.78, 5) is 36.9. The van der Waals surface area contributed by atoms with Crippen LogP contribution in [0.3, 0.4) is 0 Å². The first kappa shape index (κ1) is 34.6. The molecule has 0 unspecified atom stereocenters. The third kappa shape index (κ3) is 7.40. The second kappa shape index (κ2) is 12.7. The summed E-state index contributed by atoms with van der Waals surface area (Å²) in [5.74, 6) is -2.59. The lowest BCUT2D eigenvalue weighted by atomic mass is 10.1. The summed E-state index contributed by atoms with van der Waals surface area (Å²) in [5.41, 5.74) is -3.81. The van der Waals surface area contributed by atoms with Gasteiger partial charge in [0.1, 0.15) is 11.4 Å². The average Bonchev–Trinajstić information content (AvgIpc) is 3.61. The van der Waals surface area contributed by atoms with Crippen molar-refractivity contribution in [3.05, 3.63) is 123 Å². The number of hydrogen-bond donors (Lipinski definition) is 2. The van der Waals surface area contributed by atoms with Crippen molar-refractivity contribution in [1.29, 1.82) is 0 Å². The first-order valence-electron chi connectivity index (χ1n) is 13.9. The van der Waals surface area contributed by atoms with Gasteiger partial charge >= 0.3 is 12.4 Å². The number of nitrogens with one attached hydrogen (secondary N) is 2. The molecule has 0 aliphatic carbocycles. The molecule has 12 nitrogen and oxygen atoms in total. The maximum absolute atomic E-state index is 14.0. The van der Waals surface area contributed by atoms with Gasteiger partial charge in [0.05, 0.1) is 21.9 Å². The maximum atomic E-state index is 14.0. The topological polar surface area (TPSA) is 157 Å². The van der Waals surface area contributed by atoms with E-state index in [0.717, 1.165) is 59.3 Å². The second-order valence-corrected chi connectivity index (χ2v) is 12.3. The van der Waals surface area contributed by atoms with Gasteiger partial charge in [0.2, 0.25) is 0 Å². The summed E-state index contributed by atoms with van der Waals surface area (Å²) >= 11 is 0. The van der Waals surface area contributed by atoms with Crippen LogP contribution in [0.1, 0.15) is 43.1 Å². The zero-order valence-corrected chi connectivity index (χ0v) is 25.5. The number of sulfonamides is 1. The van der Waals surface area contributed by atoms with Gasteiger partial charge in [0, 0.05) is 36.5 Å². The van der Waals surface area contributed by atoms with Crippen LogP contribution >= 0.6 is 0 Å². The van der Waals surface area contributed by atoms with Crippen molar-refractivity contribution in [3.8, 4) is 0 Å². The van der Waals surface area contributed by atoms with Crippen molar-refractivity contribution < 1.29 is 49.3 Å². The molecular formula is C30H22F6N6O6S. The van der Waals surface area contributed by atoms with E-state index in [1.807, 2.05) is 4.72 Å². The lowest BCUT2D eigenvalue weighted by Crippen LogP contribution is -2.30. The van der Waals surface area contributed by atoms with Gasteiger partial charge in [-0.3, -0.25) is 19.7 Å². The van der Waals surface area contributed by atoms with Crippen LogP contribution in [0.2, 0.25) is 0 Å². The average molecular weight is 709 g/mol. The number of alkyl halides is 6. The largest absolute Gasteiger partial charge is 0.436 e. The van der Waals surface area contributed by atoms with Crippen molar-refractivity contribution >= 4 is 39.0 Å². The normalized spacial score (nSPS) is 13.1. The number of carbonyl (C=O) groups excluding carboxylic acids is 2. The second-order valence-electron chi connectivity index (χ2n) is 10.6. The van der Waals surface area contributed by atoms with Crippen LogP contribution in [0, 0.1) is 10.1 Å². The summed E-state index contributed by atoms with van der Waals surface area (Å²) in [6.07, 6.45) is -9.72. The van der Waals surface area contributed by atoms with Crippen LogP contribution in [-0.2, 0) is 35.5 Å². The van der Waals surface area contributed by atoms with E-state index in [-0.39, 0.29) is 53.5 Å². The molecule has 1 aliphatic rings. The molecule has 0 radical (unpaired) electrons. The van der Waals surface area contributed by atoms with Crippen molar-refractivity contribution in [2.45, 2.75) is 30.3 Å². The number of aromatic nitrogens is 2. The number of benzene rings is 3. The maximum Gasteiger partial charge on any atom is 0.436 e. The number of carbonyl (C=O) groups is 2. The zero-order chi connectivity index (χ0) is 35.9. The number of fused-ring (bicyclic) bond motifs is 1. The number of nitro benzene ring substituents is 1. The third-order valence-corrected chi connectivity index (χ3v) is 8.62. The van der Waals surface area contributed by atoms with E-state index in [1.54, 1.807) is 0 Å². The fourth-order valence-corrected chi connectivity index (χ4v) is 5.94. The van der Waals surface area contributed by atoms with Gasteiger partial charge in [-0.1, -0.05) is 30.8 Å². The molecule has 2 N–H and O–H groups in total. The van der Waals surface area contributed by atoms with Crippen molar-refractivity contribution in [2.75, 3.05) is 11.4 Å². The molecule has 5 rings (SSSR count). The van der Waals surface area contributed by atoms with Crippen LogP contribution < -0.4 is 14.9 Å². The van der Waals surface area contributed by atoms with Crippen molar-refractivity contribution in [3.63, 3.8) is 0 Å². The number of nitrogens with zero attached hydrogens (tertiary/aromatic N) is 4. The Kier molecular flexibility index (Phi) is 8.98. The minimum Gasteiger partial charge on any atom is -0.350 e. The number of anilines is 1. The van der Waals surface area contributed by atoms with Crippen LogP contribution in [0.25, 0.3) is 5.70 Å². The molecule has 0 spiro atoms. The van der Waals surface area contributed by atoms with Gasteiger partial charge in [-0.15, -0.1) is 0 Å². The predicted octanol–water partition coefficient (Wildman–Crippen LogP) is 5.37. The van der Waals surface area contributed by atoms with E-state index >= 15 is 0 Å². The van der Waals surface area contributed by atoms with E-state index in [2.05, 4.69) is 17.0 Å². The molecule has 0 saturated heterocycles. The molecule has 0 fully saturated rings. The van der Waals surface area contributed by atoms with E-state index in [9.17, 15) is 54.5 Å². The molecule has 0 saturated carbocycles. The molecule has 256 valence electrons. The smallest absolute Gasteiger partial charge is 0.350 e. The summed E-state index contributed by atoms with van der Waals surface area (Å²) in [5, 5.41) is 16.6. The minimum absolute atomic E-state index is 0.0569. The fourth-order valence-electron chi connectivity index (χ4n) is 4.96. The summed E-state index contributed by atoms with van der Waals surface area (Å²) in [7, 11) is -4.42. The lowest BCUT2D eigenvalue weighted by molar-refractivity contribution is -0.384. The van der Waals surface area contributed by atoms with Crippen LogP contribution in [-0.4, -0.2) is 41.5 Å². The number of hydrogen-bond acceptors (Lipinski definition) is 8. The Labute approximate surface area is 272 Å². The minimum atomic E-state index is -5.07. The van der Waals surface area contributed by atoms with Gasteiger partial charge in [-0.2, -0.15) is 31.4 Å². The highest BCUT2D eigenvalue weighted by Gasteiger charge is 2.44. The van der Waals surface area contributed by atoms with E-state index in [1.165, 1.54) is 23.1 Å². The SMILES string of the molecule is C=C(NC(=O)c1c(C(F)(F)F)nn2c1N(Cc1cccc(C(F)(F)F)c1)CC2)c1ccc(C(=O)NS(=O)(=O)c2ccc([N+](=O)[O-])cc2)cc1. The molecule has 2 amide bonds. The highest BCUT2D eigenvalue weighted by Crippen LogP contribution is 2.39. The van der Waals surface area contributed by atoms with Gasteiger partial charge in [-0.25, -0.2) is 17.8 Å². The Balaban J connectivity index is 1.33. The number of rotatable bonds is 9. The van der Waals surface area contributed by atoms with Gasteiger partial charge < -0.3 is 10.2 Å². The van der Waals surface area contributed by atoms with Gasteiger partial charge in [-0.05, 0) is 47.5 Å². The van der Waals surface area contributed by atoms with Crippen molar-refractivity contribution in [2.24, 2.45) is 0 Å². The quantitative estimate of drug-likeness (QED) is 0.134. The monoisotopic (exact) mass is 708 g/mol. The standard InChI is InChI=1S/C30H22F6N6O6S/c1-17(19-5-7-20(8-6-19)26(43)39-49(47,48)23-11-9-22(10-12-23)42(45)46)37-27(44)24-25(30(34,35)36)38-41-14-13-40(28(24)41)16-18-3-2-4-21(15-18)29(31,32)33/h2-12,15H,1,13-14,16H2,(H,37,44)(H,39,43). The van der Waals surface area contributed by atoms with E-state index in [4.69, 9.17) is 0 Å². The molecule has 2 heterocycles. The molecule has 4 aromatic rings. The Bertz CT molecular complexity index is 2080. The number of nitro groups is 1. The number of halogens is 6. The predicted molar refractivity (Wildman–Crippen MR) is 160 cm³/mol. The Morgan fingerprint density at radius 1 is 0.898 bits per heavy atom. The molecule has 0 atom stereocenters. The van der Waals surface area contributed by atoms with E-state index in [0.29, 0.717) is 0 Å². The Morgan fingerprint density at radius 3 is 2.12 bits per heavy atom. The lowest BCUT2D eigenvalue weighted by Gasteiger charge is -2.20. The van der Waals surface area contributed by atoms with Gasteiger partial charge in [0.15, 0.2) is 5.69 Å². The Morgan fingerprint density at radius 2 is 1.53 bits per heavy atom. The van der Waals surface area contributed by atoms with Crippen LogP contribution in [0.5, 0.6) is 0 Å². The first-order chi connectivity index (χ1) is 22.8. The van der Waals surface area contributed by atoms with Crippen LogP contribution in [0.4, 0.5) is 37.8 Å². The highest BCUT2D eigenvalue weighted by molar-refractivity contribution is 7.90. The number of non-ortho nitro benzene ring substituents is 1. The summed E-state index contributed by atoms with van der Waals surface area (Å²) in [6, 6.07) is 12.8. The first-order valence-corrected chi connectivity index (χ1v) is 15.3. The van der Waals surface area contributed by atoms with Crippen LogP contribution in [0.15, 0.2) is 84.3 Å². The summed E-state index contributed by atoms with van der Waals surface area (Å²) in [6.45, 7) is 3.40. The number of amides is 2. The molecule has 1 aromatic heterocycles. The third-order valence-electron chi connectivity index (χ3n) is 7.28.